The van der Waals surface area contributed by atoms with Crippen molar-refractivity contribution in [1.29, 1.82) is 0 Å². The van der Waals surface area contributed by atoms with Crippen LogP contribution in [0.4, 0.5) is 0 Å². The standard InChI is InChI=1S/C29H24IN3O6/c1-17(2)38-26(34)16-37-27-21(30)12-18(13-24(27)36-3)15-31-33-28(25-14-19-8-4-7-11-23(19)39-25)32-22-10-6-5-9-20(22)29(33)35/h4-15,17H,16H2,1-3H3. The molecule has 3 aromatic carbocycles. The zero-order chi connectivity index (χ0) is 27.5. The number of carbonyl (C=O) groups is 1. The van der Waals surface area contributed by atoms with Crippen molar-refractivity contribution in [2.75, 3.05) is 13.7 Å². The first-order valence-electron chi connectivity index (χ1n) is 12.1. The fraction of sp³-hybridized carbons (Fsp3) is 0.172. The van der Waals surface area contributed by atoms with Gasteiger partial charge in [0.1, 0.15) is 5.58 Å². The molecule has 0 radical (unpaired) electrons. The van der Waals surface area contributed by atoms with Gasteiger partial charge in [-0.2, -0.15) is 9.78 Å². The number of benzene rings is 3. The van der Waals surface area contributed by atoms with Crippen LogP contribution in [0.2, 0.25) is 0 Å². The van der Waals surface area contributed by atoms with E-state index in [0.29, 0.717) is 42.9 Å². The summed E-state index contributed by atoms with van der Waals surface area (Å²) in [4.78, 5) is 30.1. The molecule has 5 aromatic rings. The lowest BCUT2D eigenvalue weighted by Crippen LogP contribution is -2.20. The molecular formula is C29H24IN3O6. The van der Waals surface area contributed by atoms with E-state index in [-0.39, 0.29) is 24.1 Å². The minimum absolute atomic E-state index is 0.238. The van der Waals surface area contributed by atoms with E-state index in [1.54, 1.807) is 44.2 Å². The third-order valence-corrected chi connectivity index (χ3v) is 6.48. The molecule has 9 nitrogen and oxygen atoms in total. The first kappa shape index (κ1) is 26.4. The lowest BCUT2D eigenvalue weighted by Gasteiger charge is -2.14. The summed E-state index contributed by atoms with van der Waals surface area (Å²) in [5.74, 6) is 1.03. The minimum Gasteiger partial charge on any atom is -0.493 e. The maximum Gasteiger partial charge on any atom is 0.344 e. The van der Waals surface area contributed by atoms with Crippen molar-refractivity contribution < 1.29 is 23.4 Å². The van der Waals surface area contributed by atoms with Crippen LogP contribution in [0.25, 0.3) is 33.5 Å². The Morgan fingerprint density at radius 2 is 1.90 bits per heavy atom. The normalized spacial score (nSPS) is 11.5. The first-order valence-corrected chi connectivity index (χ1v) is 13.2. The molecule has 0 bridgehead atoms. The van der Waals surface area contributed by atoms with Gasteiger partial charge in [0.15, 0.2) is 23.9 Å². The molecule has 0 amide bonds. The van der Waals surface area contributed by atoms with Gasteiger partial charge in [-0.3, -0.25) is 4.79 Å². The monoisotopic (exact) mass is 637 g/mol. The van der Waals surface area contributed by atoms with Gasteiger partial charge in [0.2, 0.25) is 5.82 Å². The lowest BCUT2D eigenvalue weighted by molar-refractivity contribution is -0.149. The Morgan fingerprint density at radius 3 is 2.67 bits per heavy atom. The summed E-state index contributed by atoms with van der Waals surface area (Å²) < 4.78 is 24.3. The summed E-state index contributed by atoms with van der Waals surface area (Å²) in [7, 11) is 1.50. The molecule has 0 aliphatic heterocycles. The van der Waals surface area contributed by atoms with E-state index in [4.69, 9.17) is 23.6 Å². The molecule has 10 heteroatoms. The van der Waals surface area contributed by atoms with E-state index >= 15 is 0 Å². The Morgan fingerprint density at radius 1 is 1.13 bits per heavy atom. The van der Waals surface area contributed by atoms with Gasteiger partial charge in [-0.15, -0.1) is 0 Å². The lowest BCUT2D eigenvalue weighted by atomic mass is 10.2. The molecule has 0 unspecified atom stereocenters. The van der Waals surface area contributed by atoms with Crippen molar-refractivity contribution in [1.82, 2.24) is 9.66 Å². The molecule has 198 valence electrons. The number of para-hydroxylation sites is 2. The molecule has 0 fully saturated rings. The second-order valence-corrected chi connectivity index (χ2v) is 9.99. The summed E-state index contributed by atoms with van der Waals surface area (Å²) >= 11 is 2.09. The number of ether oxygens (including phenoxy) is 3. The Labute approximate surface area is 237 Å². The van der Waals surface area contributed by atoms with Gasteiger partial charge in [-0.25, -0.2) is 9.78 Å². The summed E-state index contributed by atoms with van der Waals surface area (Å²) in [6, 6.07) is 20.0. The smallest absolute Gasteiger partial charge is 0.344 e. The number of methoxy groups -OCH3 is 1. The number of halogens is 1. The Hall–Kier alpha value is -4.19. The second-order valence-electron chi connectivity index (χ2n) is 8.82. The average molecular weight is 637 g/mol. The second kappa shape index (κ2) is 11.3. The first-order chi connectivity index (χ1) is 18.8. The van der Waals surface area contributed by atoms with Crippen LogP contribution in [0.1, 0.15) is 19.4 Å². The van der Waals surface area contributed by atoms with Gasteiger partial charge < -0.3 is 18.6 Å². The predicted octanol–water partition coefficient (Wildman–Crippen LogP) is 5.64. The number of hydrogen-bond acceptors (Lipinski definition) is 8. The Balaban J connectivity index is 1.54. The van der Waals surface area contributed by atoms with Gasteiger partial charge in [-0.1, -0.05) is 30.3 Å². The third-order valence-electron chi connectivity index (χ3n) is 5.68. The van der Waals surface area contributed by atoms with Crippen molar-refractivity contribution in [3.05, 3.63) is 86.2 Å². The van der Waals surface area contributed by atoms with E-state index in [1.807, 2.05) is 36.4 Å². The molecule has 0 saturated heterocycles. The highest BCUT2D eigenvalue weighted by atomic mass is 127. The van der Waals surface area contributed by atoms with Gasteiger partial charge in [0.05, 0.1) is 33.9 Å². The number of rotatable bonds is 8. The van der Waals surface area contributed by atoms with Gasteiger partial charge in [-0.05, 0) is 78.4 Å². The van der Waals surface area contributed by atoms with Crippen LogP contribution in [0.15, 0.2) is 81.0 Å². The van der Waals surface area contributed by atoms with Crippen molar-refractivity contribution >= 4 is 56.6 Å². The number of furan rings is 1. The quantitative estimate of drug-likeness (QED) is 0.123. The van der Waals surface area contributed by atoms with Crippen LogP contribution in [0, 0.1) is 3.57 Å². The zero-order valence-corrected chi connectivity index (χ0v) is 23.5. The Kier molecular flexibility index (Phi) is 7.64. The number of esters is 1. The molecule has 5 rings (SSSR count). The van der Waals surface area contributed by atoms with Crippen LogP contribution in [-0.4, -0.2) is 41.7 Å². The van der Waals surface area contributed by atoms with E-state index in [2.05, 4.69) is 27.7 Å². The fourth-order valence-corrected chi connectivity index (χ4v) is 4.77. The van der Waals surface area contributed by atoms with Gasteiger partial charge >= 0.3 is 5.97 Å². The molecule has 2 aromatic heterocycles. The van der Waals surface area contributed by atoms with Crippen molar-refractivity contribution in [3.8, 4) is 23.1 Å². The average Bonchev–Trinajstić information content (AvgIpc) is 3.35. The van der Waals surface area contributed by atoms with Crippen LogP contribution in [0.5, 0.6) is 11.5 Å². The maximum atomic E-state index is 13.5. The van der Waals surface area contributed by atoms with Crippen molar-refractivity contribution in [2.24, 2.45) is 5.10 Å². The number of carbonyl (C=O) groups excluding carboxylic acids is 1. The SMILES string of the molecule is COc1cc(C=Nn2c(-c3cc4ccccc4o3)nc3ccccc3c2=O)cc(I)c1OCC(=O)OC(C)C. The summed E-state index contributed by atoms with van der Waals surface area (Å²) in [5.41, 5.74) is 1.53. The summed E-state index contributed by atoms with van der Waals surface area (Å²) in [6.45, 7) is 3.29. The third kappa shape index (κ3) is 5.65. The highest BCUT2D eigenvalue weighted by molar-refractivity contribution is 14.1. The van der Waals surface area contributed by atoms with Crippen molar-refractivity contribution in [3.63, 3.8) is 0 Å². The fourth-order valence-electron chi connectivity index (χ4n) is 3.99. The molecule has 0 N–H and O–H groups in total. The molecule has 0 saturated carbocycles. The number of hydrogen-bond donors (Lipinski definition) is 0. The molecule has 0 atom stereocenters. The van der Waals surface area contributed by atoms with Crippen LogP contribution in [0.3, 0.4) is 0 Å². The molecule has 39 heavy (non-hydrogen) atoms. The predicted molar refractivity (Wildman–Crippen MR) is 157 cm³/mol. The van der Waals surface area contributed by atoms with Crippen LogP contribution in [-0.2, 0) is 9.53 Å². The van der Waals surface area contributed by atoms with Gasteiger partial charge in [0.25, 0.3) is 5.56 Å². The topological polar surface area (TPSA) is 105 Å². The molecule has 0 aliphatic rings. The number of fused-ring (bicyclic) bond motifs is 2. The van der Waals surface area contributed by atoms with Crippen LogP contribution < -0.4 is 15.0 Å². The molecule has 0 spiro atoms. The van der Waals surface area contributed by atoms with E-state index < -0.39 is 5.97 Å². The zero-order valence-electron chi connectivity index (χ0n) is 21.4. The summed E-state index contributed by atoms with van der Waals surface area (Å²) in [6.07, 6.45) is 1.30. The highest BCUT2D eigenvalue weighted by Gasteiger charge is 2.17. The van der Waals surface area contributed by atoms with E-state index in [9.17, 15) is 9.59 Å². The highest BCUT2D eigenvalue weighted by Crippen LogP contribution is 2.34. The van der Waals surface area contributed by atoms with Gasteiger partial charge in [0, 0.05) is 5.39 Å². The molecular weight excluding hydrogens is 613 g/mol. The molecule has 2 heterocycles. The largest absolute Gasteiger partial charge is 0.493 e. The molecule has 0 aliphatic carbocycles. The number of aromatic nitrogens is 2. The Bertz CT molecular complexity index is 1740. The maximum absolute atomic E-state index is 13.5. The summed E-state index contributed by atoms with van der Waals surface area (Å²) in [5, 5.41) is 5.82. The van der Waals surface area contributed by atoms with E-state index in [0.717, 1.165) is 5.39 Å². The van der Waals surface area contributed by atoms with E-state index in [1.165, 1.54) is 18.0 Å². The number of nitrogens with zero attached hydrogens (tertiary/aromatic N) is 3. The van der Waals surface area contributed by atoms with Crippen LogP contribution >= 0.6 is 22.6 Å². The van der Waals surface area contributed by atoms with Crippen molar-refractivity contribution in [2.45, 2.75) is 20.0 Å². The minimum atomic E-state index is -0.477.